The van der Waals surface area contributed by atoms with E-state index < -0.39 is 5.97 Å². The number of aryl methyl sites for hydroxylation is 1. The number of benzene rings is 1. The van der Waals surface area contributed by atoms with Crippen LogP contribution in [0.1, 0.15) is 27.4 Å². The zero-order chi connectivity index (χ0) is 18.0. The molecular formula is C18H20N4O2Se. The molecule has 25 heavy (non-hydrogen) atoms. The third-order valence-corrected chi connectivity index (χ3v) is 7.02. The second-order valence-electron chi connectivity index (χ2n) is 6.00. The summed E-state index contributed by atoms with van der Waals surface area (Å²) in [6, 6.07) is 8.08. The van der Waals surface area contributed by atoms with E-state index in [0.29, 0.717) is 15.7 Å². The van der Waals surface area contributed by atoms with E-state index in [2.05, 4.69) is 27.8 Å². The van der Waals surface area contributed by atoms with Gasteiger partial charge in [0.15, 0.2) is 0 Å². The topological polar surface area (TPSA) is 80.5 Å². The molecule has 1 N–H and O–H groups in total. The van der Waals surface area contributed by atoms with Crippen molar-refractivity contribution in [3.05, 3.63) is 33.9 Å². The Morgan fingerprint density at radius 2 is 2.08 bits per heavy atom. The fraction of sp³-hybridized carbons (Fsp3) is 0.389. The van der Waals surface area contributed by atoms with Gasteiger partial charge in [-0.25, -0.2) is 0 Å². The van der Waals surface area contributed by atoms with Crippen molar-refractivity contribution in [1.82, 2.24) is 9.88 Å². The summed E-state index contributed by atoms with van der Waals surface area (Å²) in [6.07, 6.45) is 0. The van der Waals surface area contributed by atoms with Crippen molar-refractivity contribution in [3.63, 3.8) is 0 Å². The van der Waals surface area contributed by atoms with Gasteiger partial charge in [-0.05, 0) is 0 Å². The molecule has 2 aromatic rings. The van der Waals surface area contributed by atoms with Crippen LogP contribution in [0.15, 0.2) is 18.2 Å². The molecule has 0 unspecified atom stereocenters. The molecule has 0 bridgehead atoms. The van der Waals surface area contributed by atoms with Gasteiger partial charge < -0.3 is 0 Å². The Labute approximate surface area is 153 Å². The summed E-state index contributed by atoms with van der Waals surface area (Å²) in [5, 5.41) is 18.8. The van der Waals surface area contributed by atoms with Crippen LogP contribution in [-0.2, 0) is 0 Å². The summed E-state index contributed by atoms with van der Waals surface area (Å²) in [6.45, 7) is 8.78. The Kier molecular flexibility index (Phi) is 5.24. The molecule has 1 saturated heterocycles. The minimum absolute atomic E-state index is 0.323. The first kappa shape index (κ1) is 17.7. The molecular weight excluding hydrogens is 383 g/mol. The van der Waals surface area contributed by atoms with Crippen LogP contribution in [0.3, 0.4) is 0 Å². The van der Waals surface area contributed by atoms with Gasteiger partial charge in [0, 0.05) is 0 Å². The fourth-order valence-corrected chi connectivity index (χ4v) is 4.95. The number of carboxylic acids is 1. The second-order valence-corrected chi connectivity index (χ2v) is 8.10. The van der Waals surface area contributed by atoms with E-state index >= 15 is 0 Å². The van der Waals surface area contributed by atoms with Crippen molar-refractivity contribution in [1.29, 1.82) is 5.26 Å². The zero-order valence-electron chi connectivity index (χ0n) is 14.3. The first-order chi connectivity index (χ1) is 12.0. The van der Waals surface area contributed by atoms with Crippen LogP contribution < -0.4 is 4.90 Å². The first-order valence-corrected chi connectivity index (χ1v) is 9.97. The number of carbonyl (C=O) groups is 1. The minimum atomic E-state index is -0.901. The van der Waals surface area contributed by atoms with Gasteiger partial charge in [-0.3, -0.25) is 0 Å². The summed E-state index contributed by atoms with van der Waals surface area (Å²) in [5.74, 6) is -0.901. The average Bonchev–Trinajstić information content (AvgIpc) is 3.03. The molecule has 0 radical (unpaired) electrons. The number of rotatable bonds is 4. The van der Waals surface area contributed by atoms with Crippen LogP contribution in [0, 0.1) is 18.3 Å². The van der Waals surface area contributed by atoms with E-state index in [0.717, 1.165) is 48.5 Å². The Hall–Kier alpha value is -2.13. The number of hydrogen-bond acceptors (Lipinski definition) is 5. The molecule has 0 spiro atoms. The van der Waals surface area contributed by atoms with Crippen LogP contribution in [0.2, 0.25) is 0 Å². The Bertz CT molecular complexity index is 832. The van der Waals surface area contributed by atoms with Gasteiger partial charge in [-0.15, -0.1) is 0 Å². The van der Waals surface area contributed by atoms with Crippen LogP contribution >= 0.6 is 0 Å². The maximum absolute atomic E-state index is 11.2. The van der Waals surface area contributed by atoms with E-state index in [4.69, 9.17) is 0 Å². The van der Waals surface area contributed by atoms with Gasteiger partial charge in [0.05, 0.1) is 0 Å². The van der Waals surface area contributed by atoms with E-state index in [9.17, 15) is 15.2 Å². The van der Waals surface area contributed by atoms with Gasteiger partial charge in [-0.1, -0.05) is 0 Å². The molecule has 1 fully saturated rings. The van der Waals surface area contributed by atoms with Gasteiger partial charge in [-0.2, -0.15) is 0 Å². The molecule has 0 saturated carbocycles. The monoisotopic (exact) mass is 404 g/mol. The van der Waals surface area contributed by atoms with E-state index in [1.54, 1.807) is 6.92 Å². The Morgan fingerprint density at radius 3 is 2.64 bits per heavy atom. The van der Waals surface area contributed by atoms with Crippen LogP contribution in [0.5, 0.6) is 0 Å². The molecule has 0 atom stereocenters. The van der Waals surface area contributed by atoms with Crippen molar-refractivity contribution in [2.45, 2.75) is 13.8 Å². The summed E-state index contributed by atoms with van der Waals surface area (Å²) >= 11 is -0.323. The standard InChI is InChI=1S/C18H20N4O2Se/c1-3-21-6-8-22(9-7-21)15-5-4-13(10-14(15)11-19)17-20-12(2)16(25-17)18(23)24/h4-5,10H,3,6-9H2,1-2H3,(H,23,24). The molecule has 130 valence electrons. The van der Waals surface area contributed by atoms with Gasteiger partial charge in [0.25, 0.3) is 0 Å². The number of piperazine rings is 1. The summed E-state index contributed by atoms with van der Waals surface area (Å²) in [7, 11) is 0. The molecule has 1 aliphatic heterocycles. The number of nitrogens with zero attached hydrogens (tertiary/aromatic N) is 4. The molecule has 1 aromatic heterocycles. The Morgan fingerprint density at radius 1 is 1.36 bits per heavy atom. The number of carboxylic acid groups (broad SMARTS) is 1. The number of likely N-dealkylation sites (N-methyl/N-ethyl adjacent to an activating group) is 1. The number of nitriles is 1. The van der Waals surface area contributed by atoms with Crippen molar-refractivity contribution in [2.75, 3.05) is 37.6 Å². The fourth-order valence-electron chi connectivity index (χ4n) is 3.06. The Balaban J connectivity index is 1.89. The number of anilines is 1. The predicted octanol–water partition coefficient (Wildman–Crippen LogP) is 1.83. The number of aromatic nitrogens is 1. The quantitative estimate of drug-likeness (QED) is 0.785. The molecule has 0 aliphatic carbocycles. The molecule has 6 nitrogen and oxygen atoms in total. The van der Waals surface area contributed by atoms with Crippen LogP contribution in [0.25, 0.3) is 10.1 Å². The molecule has 2 heterocycles. The second kappa shape index (κ2) is 7.40. The van der Waals surface area contributed by atoms with Gasteiger partial charge in [0.1, 0.15) is 0 Å². The molecule has 3 rings (SSSR count). The van der Waals surface area contributed by atoms with Crippen molar-refractivity contribution >= 4 is 26.2 Å². The molecule has 7 heteroatoms. The van der Waals surface area contributed by atoms with Crippen molar-refractivity contribution < 1.29 is 9.90 Å². The normalized spacial score (nSPS) is 15.2. The average molecular weight is 403 g/mol. The van der Waals surface area contributed by atoms with Crippen molar-refractivity contribution in [2.24, 2.45) is 0 Å². The van der Waals surface area contributed by atoms with Gasteiger partial charge in [0.2, 0.25) is 0 Å². The first-order valence-electron chi connectivity index (χ1n) is 8.26. The summed E-state index contributed by atoms with van der Waals surface area (Å²) in [4.78, 5) is 20.3. The molecule has 1 aromatic carbocycles. The number of hydrogen-bond donors (Lipinski definition) is 1. The molecule has 0 amide bonds. The van der Waals surface area contributed by atoms with E-state index in [1.807, 2.05) is 18.2 Å². The van der Waals surface area contributed by atoms with Crippen molar-refractivity contribution in [3.8, 4) is 16.2 Å². The summed E-state index contributed by atoms with van der Waals surface area (Å²) in [5.41, 5.74) is 3.00. The van der Waals surface area contributed by atoms with Crippen LogP contribution in [0.4, 0.5) is 5.69 Å². The molecule has 1 aliphatic rings. The zero-order valence-corrected chi connectivity index (χ0v) is 16.0. The third-order valence-electron chi connectivity index (χ3n) is 4.51. The summed E-state index contributed by atoms with van der Waals surface area (Å²) < 4.78 is 1.17. The van der Waals surface area contributed by atoms with Gasteiger partial charge >= 0.3 is 153 Å². The van der Waals surface area contributed by atoms with E-state index in [1.165, 1.54) is 0 Å². The number of aromatic carboxylic acids is 1. The maximum atomic E-state index is 11.2. The van der Waals surface area contributed by atoms with Crippen LogP contribution in [-0.4, -0.2) is 68.2 Å². The third kappa shape index (κ3) is 3.62. The SMILES string of the molecule is CCN1CCN(c2ccc(-c3nc(C)c(C(=O)O)[se]3)cc2C#N)CC1. The predicted molar refractivity (Wildman–Crippen MR) is 97.4 cm³/mol. The van der Waals surface area contributed by atoms with E-state index in [-0.39, 0.29) is 14.5 Å².